The number of aromatic nitrogens is 2. The molecule has 0 unspecified atom stereocenters. The van der Waals surface area contributed by atoms with Gasteiger partial charge >= 0.3 is 5.97 Å². The Morgan fingerprint density at radius 3 is 2.58 bits per heavy atom. The van der Waals surface area contributed by atoms with E-state index in [1.165, 1.54) is 7.11 Å². The number of hydrogen-bond donors (Lipinski definition) is 1. The number of rotatable bonds is 4. The minimum atomic E-state index is -0.536. The van der Waals surface area contributed by atoms with E-state index in [-0.39, 0.29) is 5.69 Å². The summed E-state index contributed by atoms with van der Waals surface area (Å²) < 4.78 is 11.3. The first kappa shape index (κ1) is 12.9. The van der Waals surface area contributed by atoms with E-state index in [0.29, 0.717) is 12.2 Å². The Kier molecular flexibility index (Phi) is 3.70. The molecule has 0 atom stereocenters. The van der Waals surface area contributed by atoms with Gasteiger partial charge in [0.05, 0.1) is 26.5 Å². The van der Waals surface area contributed by atoms with Crippen molar-refractivity contribution >= 4 is 11.7 Å². The Labute approximate surface area is 110 Å². The fraction of sp³-hybridized carbons (Fsp3) is 0.231. The number of benzene rings is 1. The maximum atomic E-state index is 11.4. The third-order valence-electron chi connectivity index (χ3n) is 2.67. The zero-order valence-corrected chi connectivity index (χ0v) is 10.8. The average molecular weight is 261 g/mol. The summed E-state index contributed by atoms with van der Waals surface area (Å²) in [7, 11) is 2.91. The number of carbonyl (C=O) groups excluding carboxylic acids is 1. The van der Waals surface area contributed by atoms with Crippen molar-refractivity contribution < 1.29 is 14.3 Å². The molecular weight excluding hydrogens is 246 g/mol. The van der Waals surface area contributed by atoms with Crippen molar-refractivity contribution in [1.29, 1.82) is 0 Å². The number of hydrogen-bond acceptors (Lipinski definition) is 5. The highest BCUT2D eigenvalue weighted by Crippen LogP contribution is 2.14. The van der Waals surface area contributed by atoms with E-state index in [4.69, 9.17) is 10.5 Å². The SMILES string of the molecule is COC(=O)c1nn(Cc2ccc(OC)cc2)cc1N. The molecule has 1 aromatic heterocycles. The number of esters is 1. The molecule has 0 fully saturated rings. The first-order valence-electron chi connectivity index (χ1n) is 5.68. The van der Waals surface area contributed by atoms with Crippen LogP contribution in [0.4, 0.5) is 5.69 Å². The Morgan fingerprint density at radius 2 is 2.00 bits per heavy atom. The van der Waals surface area contributed by atoms with Crippen LogP contribution in [0.1, 0.15) is 16.1 Å². The standard InChI is InChI=1S/C13H15N3O3/c1-18-10-5-3-9(4-6-10)7-16-8-11(14)12(15-16)13(17)19-2/h3-6,8H,7,14H2,1-2H3. The van der Waals surface area contributed by atoms with Crippen LogP contribution < -0.4 is 10.5 Å². The van der Waals surface area contributed by atoms with Gasteiger partial charge in [-0.1, -0.05) is 12.1 Å². The molecular formula is C13H15N3O3. The van der Waals surface area contributed by atoms with Crippen LogP contribution in [-0.2, 0) is 11.3 Å². The molecule has 2 rings (SSSR count). The number of nitrogen functional groups attached to an aromatic ring is 1. The van der Waals surface area contributed by atoms with Crippen molar-refractivity contribution in [3.05, 3.63) is 41.7 Å². The molecule has 0 aliphatic carbocycles. The van der Waals surface area contributed by atoms with Crippen molar-refractivity contribution in [3.63, 3.8) is 0 Å². The Morgan fingerprint density at radius 1 is 1.32 bits per heavy atom. The van der Waals surface area contributed by atoms with E-state index >= 15 is 0 Å². The summed E-state index contributed by atoms with van der Waals surface area (Å²) >= 11 is 0. The number of nitrogens with two attached hydrogens (primary N) is 1. The topological polar surface area (TPSA) is 79.4 Å². The first-order chi connectivity index (χ1) is 9.13. The second-order valence-corrected chi connectivity index (χ2v) is 3.97. The van der Waals surface area contributed by atoms with Gasteiger partial charge in [0.1, 0.15) is 5.75 Å². The molecule has 0 saturated carbocycles. The van der Waals surface area contributed by atoms with Crippen LogP contribution in [0.3, 0.4) is 0 Å². The quantitative estimate of drug-likeness (QED) is 0.839. The van der Waals surface area contributed by atoms with Crippen LogP contribution in [0, 0.1) is 0 Å². The molecule has 0 aliphatic heterocycles. The number of methoxy groups -OCH3 is 2. The molecule has 6 nitrogen and oxygen atoms in total. The van der Waals surface area contributed by atoms with Crippen LogP contribution in [-0.4, -0.2) is 30.0 Å². The molecule has 0 amide bonds. The van der Waals surface area contributed by atoms with Gasteiger partial charge in [-0.3, -0.25) is 4.68 Å². The van der Waals surface area contributed by atoms with Crippen molar-refractivity contribution in [2.45, 2.75) is 6.54 Å². The van der Waals surface area contributed by atoms with Gasteiger partial charge in [-0.25, -0.2) is 4.79 Å². The molecule has 0 saturated heterocycles. The largest absolute Gasteiger partial charge is 0.497 e. The van der Waals surface area contributed by atoms with Crippen LogP contribution in [0.5, 0.6) is 5.75 Å². The molecule has 100 valence electrons. The Hall–Kier alpha value is -2.50. The van der Waals surface area contributed by atoms with Crippen LogP contribution in [0.2, 0.25) is 0 Å². The van der Waals surface area contributed by atoms with Gasteiger partial charge in [0.15, 0.2) is 5.69 Å². The van der Waals surface area contributed by atoms with E-state index in [1.54, 1.807) is 18.0 Å². The minimum Gasteiger partial charge on any atom is -0.497 e. The predicted molar refractivity (Wildman–Crippen MR) is 70.1 cm³/mol. The van der Waals surface area contributed by atoms with Crippen LogP contribution >= 0.6 is 0 Å². The third-order valence-corrected chi connectivity index (χ3v) is 2.67. The van der Waals surface area contributed by atoms with Gasteiger partial charge in [0.25, 0.3) is 0 Å². The lowest BCUT2D eigenvalue weighted by Crippen LogP contribution is -2.07. The molecule has 2 N–H and O–H groups in total. The van der Waals surface area contributed by atoms with E-state index in [9.17, 15) is 4.79 Å². The number of anilines is 1. The summed E-state index contributed by atoms with van der Waals surface area (Å²) in [5, 5.41) is 4.10. The van der Waals surface area contributed by atoms with E-state index in [2.05, 4.69) is 9.84 Å². The molecule has 19 heavy (non-hydrogen) atoms. The highest BCUT2D eigenvalue weighted by Gasteiger charge is 2.15. The molecule has 0 spiro atoms. The normalized spacial score (nSPS) is 10.2. The fourth-order valence-corrected chi connectivity index (χ4v) is 1.69. The Bertz CT molecular complexity index is 575. The highest BCUT2D eigenvalue weighted by molar-refractivity contribution is 5.92. The molecule has 0 aliphatic rings. The maximum Gasteiger partial charge on any atom is 0.360 e. The van der Waals surface area contributed by atoms with Crippen molar-refractivity contribution in [2.24, 2.45) is 0 Å². The lowest BCUT2D eigenvalue weighted by molar-refractivity contribution is 0.0594. The lowest BCUT2D eigenvalue weighted by Gasteiger charge is -2.03. The average Bonchev–Trinajstić information content (AvgIpc) is 2.79. The number of carbonyl (C=O) groups is 1. The van der Waals surface area contributed by atoms with Gasteiger partial charge in [-0.05, 0) is 17.7 Å². The molecule has 0 bridgehead atoms. The molecule has 0 radical (unpaired) electrons. The maximum absolute atomic E-state index is 11.4. The van der Waals surface area contributed by atoms with Crippen molar-refractivity contribution in [3.8, 4) is 5.75 Å². The zero-order valence-electron chi connectivity index (χ0n) is 10.8. The summed E-state index contributed by atoms with van der Waals surface area (Å²) in [5.74, 6) is 0.255. The van der Waals surface area contributed by atoms with E-state index in [1.807, 2.05) is 24.3 Å². The molecule has 6 heteroatoms. The second kappa shape index (κ2) is 5.43. The molecule has 1 aromatic carbocycles. The first-order valence-corrected chi connectivity index (χ1v) is 5.68. The van der Waals surface area contributed by atoms with Crippen molar-refractivity contribution in [2.75, 3.05) is 20.0 Å². The van der Waals surface area contributed by atoms with Gasteiger partial charge < -0.3 is 15.2 Å². The van der Waals surface area contributed by atoms with E-state index in [0.717, 1.165) is 11.3 Å². The molecule has 1 heterocycles. The second-order valence-electron chi connectivity index (χ2n) is 3.97. The fourth-order valence-electron chi connectivity index (χ4n) is 1.69. The van der Waals surface area contributed by atoms with Gasteiger partial charge in [0, 0.05) is 6.20 Å². The van der Waals surface area contributed by atoms with Gasteiger partial charge in [-0.15, -0.1) is 0 Å². The third kappa shape index (κ3) is 2.85. The van der Waals surface area contributed by atoms with Crippen LogP contribution in [0.25, 0.3) is 0 Å². The predicted octanol–water partition coefficient (Wildman–Crippen LogP) is 1.31. The van der Waals surface area contributed by atoms with Crippen LogP contribution in [0.15, 0.2) is 30.5 Å². The molecule has 2 aromatic rings. The summed E-state index contributed by atoms with van der Waals surface area (Å²) in [5.41, 5.74) is 7.18. The van der Waals surface area contributed by atoms with Crippen molar-refractivity contribution in [1.82, 2.24) is 9.78 Å². The summed E-state index contributed by atoms with van der Waals surface area (Å²) in [6.45, 7) is 0.519. The smallest absolute Gasteiger partial charge is 0.360 e. The monoisotopic (exact) mass is 261 g/mol. The summed E-state index contributed by atoms with van der Waals surface area (Å²) in [4.78, 5) is 11.4. The summed E-state index contributed by atoms with van der Waals surface area (Å²) in [6.07, 6.45) is 1.61. The number of nitrogens with zero attached hydrogens (tertiary/aromatic N) is 2. The van der Waals surface area contributed by atoms with E-state index < -0.39 is 5.97 Å². The zero-order chi connectivity index (χ0) is 13.8. The number of ether oxygens (including phenoxy) is 2. The highest BCUT2D eigenvalue weighted by atomic mass is 16.5. The van der Waals surface area contributed by atoms with Gasteiger partial charge in [-0.2, -0.15) is 5.10 Å². The summed E-state index contributed by atoms with van der Waals surface area (Å²) in [6, 6.07) is 7.58. The van der Waals surface area contributed by atoms with Gasteiger partial charge in [0.2, 0.25) is 0 Å². The lowest BCUT2D eigenvalue weighted by atomic mass is 10.2. The minimum absolute atomic E-state index is 0.135. The Balaban J connectivity index is 2.16.